The van der Waals surface area contributed by atoms with Gasteiger partial charge in [-0.3, -0.25) is 19.5 Å². The number of benzene rings is 1. The van der Waals surface area contributed by atoms with E-state index in [2.05, 4.69) is 20.5 Å². The van der Waals surface area contributed by atoms with Gasteiger partial charge in [0.05, 0.1) is 18.2 Å². The van der Waals surface area contributed by atoms with Crippen LogP contribution >= 0.6 is 23.2 Å². The van der Waals surface area contributed by atoms with Gasteiger partial charge in [-0.25, -0.2) is 4.39 Å². The zero-order valence-electron chi connectivity index (χ0n) is 19.4. The number of nitrogens with one attached hydrogen (secondary N) is 2. The first-order valence-electron chi connectivity index (χ1n) is 11.8. The number of rotatable bonds is 6. The van der Waals surface area contributed by atoms with Crippen LogP contribution in [0.3, 0.4) is 0 Å². The van der Waals surface area contributed by atoms with Crippen LogP contribution in [0.2, 0.25) is 0 Å². The van der Waals surface area contributed by atoms with Crippen molar-refractivity contribution < 1.29 is 18.6 Å². The van der Waals surface area contributed by atoms with Gasteiger partial charge < -0.3 is 10.6 Å². The second-order valence-electron chi connectivity index (χ2n) is 9.13. The lowest BCUT2D eigenvalue weighted by Gasteiger charge is -2.32. The van der Waals surface area contributed by atoms with E-state index in [0.29, 0.717) is 22.7 Å². The highest BCUT2D eigenvalue weighted by molar-refractivity contribution is 6.75. The molecule has 4 heterocycles. The monoisotopic (exact) mass is 528 g/mol. The Labute approximate surface area is 218 Å². The SMILES string of the molecule is O=C(NC1CCN(Cc2ccncc2)CC1)c1cc(CC2=CNC(=O)C3C=C(Cl)C(Cl)=[N+]23)ccc1F. The number of piperidine rings is 1. The van der Waals surface area contributed by atoms with E-state index >= 15 is 0 Å². The first-order chi connectivity index (χ1) is 17.4. The maximum absolute atomic E-state index is 14.6. The standard InChI is InChI=1S/C26H24Cl2FN5O2/c27-21-13-23-26(36)31-14-19(34(23)24(21)28)11-17-1-2-22(29)20(12-17)25(35)32-18-5-9-33(10-6-18)15-16-3-7-30-8-4-16/h1-4,7-8,12-14,18,23H,5-6,9-11,15H2,(H-,31,32,35,36)/p+1. The van der Waals surface area contributed by atoms with Crippen molar-refractivity contribution >= 4 is 40.2 Å². The third-order valence-electron chi connectivity index (χ3n) is 6.69. The Morgan fingerprint density at radius 2 is 1.92 bits per heavy atom. The molecule has 1 aromatic heterocycles. The van der Waals surface area contributed by atoms with Crippen LogP contribution < -0.4 is 10.6 Å². The fourth-order valence-electron chi connectivity index (χ4n) is 4.77. The Hall–Kier alpha value is -3.07. The van der Waals surface area contributed by atoms with Crippen LogP contribution in [0.4, 0.5) is 4.39 Å². The molecular formula is C26H25Cl2FN5O2+. The van der Waals surface area contributed by atoms with E-state index in [-0.39, 0.29) is 22.7 Å². The third kappa shape index (κ3) is 5.21. The molecule has 1 fully saturated rings. The minimum atomic E-state index is -0.627. The van der Waals surface area contributed by atoms with Crippen molar-refractivity contribution in [1.82, 2.24) is 20.5 Å². The number of hydrogen-bond donors (Lipinski definition) is 2. The topological polar surface area (TPSA) is 77.3 Å². The molecule has 0 spiro atoms. The molecule has 7 nitrogen and oxygen atoms in total. The molecule has 3 aliphatic rings. The molecule has 0 saturated carbocycles. The van der Waals surface area contributed by atoms with Crippen molar-refractivity contribution in [2.24, 2.45) is 0 Å². The maximum Gasteiger partial charge on any atom is 0.297 e. The van der Waals surface area contributed by atoms with E-state index in [4.69, 9.17) is 23.2 Å². The minimum Gasteiger partial charge on any atom is -0.349 e. The molecule has 2 amide bonds. The molecule has 2 N–H and O–H groups in total. The highest BCUT2D eigenvalue weighted by atomic mass is 35.5. The first kappa shape index (κ1) is 24.6. The Balaban J connectivity index is 1.22. The molecular weight excluding hydrogens is 504 g/mol. The molecule has 0 bridgehead atoms. The average Bonchev–Trinajstić information content (AvgIpc) is 3.19. The summed E-state index contributed by atoms with van der Waals surface area (Å²) in [5, 5.41) is 6.27. The lowest BCUT2D eigenvalue weighted by Crippen LogP contribution is -2.44. The zero-order chi connectivity index (χ0) is 25.2. The summed E-state index contributed by atoms with van der Waals surface area (Å²) in [7, 11) is 0. The Bertz CT molecular complexity index is 1290. The molecule has 0 aliphatic carbocycles. The molecule has 1 unspecified atom stereocenters. The number of allylic oxidation sites excluding steroid dienone is 2. The normalized spacial score (nSPS) is 20.5. The second-order valence-corrected chi connectivity index (χ2v) is 9.90. The zero-order valence-corrected chi connectivity index (χ0v) is 20.9. The molecule has 1 saturated heterocycles. The van der Waals surface area contributed by atoms with Gasteiger partial charge in [-0.2, -0.15) is 4.58 Å². The van der Waals surface area contributed by atoms with E-state index in [1.165, 1.54) is 11.6 Å². The van der Waals surface area contributed by atoms with Gasteiger partial charge in [0.15, 0.2) is 0 Å². The van der Waals surface area contributed by atoms with Crippen LogP contribution in [0, 0.1) is 5.82 Å². The Morgan fingerprint density at radius 3 is 2.67 bits per heavy atom. The molecule has 0 radical (unpaired) electrons. The van der Waals surface area contributed by atoms with Crippen LogP contribution in [0.25, 0.3) is 0 Å². The fraction of sp³-hybridized carbons (Fsp3) is 0.308. The second kappa shape index (κ2) is 10.5. The molecule has 36 heavy (non-hydrogen) atoms. The summed E-state index contributed by atoms with van der Waals surface area (Å²) >= 11 is 12.5. The van der Waals surface area contributed by atoms with Crippen molar-refractivity contribution in [2.75, 3.05) is 13.1 Å². The average molecular weight is 529 g/mol. The highest BCUT2D eigenvalue weighted by Gasteiger charge is 2.42. The van der Waals surface area contributed by atoms with Gasteiger partial charge >= 0.3 is 0 Å². The number of amides is 2. The quantitative estimate of drug-likeness (QED) is 0.564. The summed E-state index contributed by atoms with van der Waals surface area (Å²) in [6.07, 6.45) is 8.64. The van der Waals surface area contributed by atoms with Crippen LogP contribution in [0.1, 0.15) is 34.3 Å². The van der Waals surface area contributed by atoms with Crippen molar-refractivity contribution in [3.05, 3.63) is 88.2 Å². The van der Waals surface area contributed by atoms with Gasteiger partial charge in [0.25, 0.3) is 23.0 Å². The van der Waals surface area contributed by atoms with Crippen molar-refractivity contribution in [2.45, 2.75) is 37.9 Å². The molecule has 3 aliphatic heterocycles. The molecule has 186 valence electrons. The largest absolute Gasteiger partial charge is 0.349 e. The molecule has 2 aromatic rings. The fourth-order valence-corrected chi connectivity index (χ4v) is 5.26. The van der Waals surface area contributed by atoms with Gasteiger partial charge in [-0.15, -0.1) is 0 Å². The predicted octanol–water partition coefficient (Wildman–Crippen LogP) is 3.28. The number of likely N-dealkylation sites (tertiary alicyclic amines) is 1. The van der Waals surface area contributed by atoms with Gasteiger partial charge in [-0.05, 0) is 59.8 Å². The molecule has 1 atom stereocenters. The van der Waals surface area contributed by atoms with Gasteiger partial charge in [0.1, 0.15) is 10.8 Å². The molecule has 10 heteroatoms. The number of fused-ring (bicyclic) bond motifs is 1. The van der Waals surface area contributed by atoms with Gasteiger partial charge in [0.2, 0.25) is 5.70 Å². The van der Waals surface area contributed by atoms with Crippen molar-refractivity contribution in [1.29, 1.82) is 0 Å². The number of carbonyl (C=O) groups excluding carboxylic acids is 2. The van der Waals surface area contributed by atoms with E-state index in [9.17, 15) is 14.0 Å². The number of hydrogen-bond acceptors (Lipinski definition) is 4. The van der Waals surface area contributed by atoms with Crippen LogP contribution in [0.15, 0.2) is 65.7 Å². The van der Waals surface area contributed by atoms with E-state index in [1.807, 2.05) is 12.1 Å². The first-order valence-corrected chi connectivity index (χ1v) is 12.5. The number of carbonyl (C=O) groups is 2. The van der Waals surface area contributed by atoms with Crippen LogP contribution in [0.5, 0.6) is 0 Å². The Kier molecular flexibility index (Phi) is 7.18. The van der Waals surface area contributed by atoms with Gasteiger partial charge in [0, 0.05) is 44.1 Å². The highest BCUT2D eigenvalue weighted by Crippen LogP contribution is 2.27. The number of aromatic nitrogens is 1. The van der Waals surface area contributed by atoms with E-state index < -0.39 is 17.8 Å². The lowest BCUT2D eigenvalue weighted by molar-refractivity contribution is -0.491. The number of halogens is 3. The maximum atomic E-state index is 14.6. The minimum absolute atomic E-state index is 0.00336. The van der Waals surface area contributed by atoms with E-state index in [1.54, 1.807) is 41.4 Å². The summed E-state index contributed by atoms with van der Waals surface area (Å²) in [5.74, 6) is -1.24. The van der Waals surface area contributed by atoms with Crippen LogP contribution in [-0.4, -0.2) is 56.6 Å². The third-order valence-corrected chi connectivity index (χ3v) is 7.48. The van der Waals surface area contributed by atoms with E-state index in [0.717, 1.165) is 32.5 Å². The number of pyridine rings is 1. The smallest absolute Gasteiger partial charge is 0.297 e. The van der Waals surface area contributed by atoms with Crippen LogP contribution in [-0.2, 0) is 17.8 Å². The Morgan fingerprint density at radius 1 is 1.17 bits per heavy atom. The summed E-state index contributed by atoms with van der Waals surface area (Å²) in [4.78, 5) is 31.5. The predicted molar refractivity (Wildman–Crippen MR) is 135 cm³/mol. The van der Waals surface area contributed by atoms with Crippen molar-refractivity contribution in [3.63, 3.8) is 0 Å². The summed E-state index contributed by atoms with van der Waals surface area (Å²) in [5.41, 5.74) is 2.60. The summed E-state index contributed by atoms with van der Waals surface area (Å²) < 4.78 is 16.3. The lowest BCUT2D eigenvalue weighted by atomic mass is 10.0. The van der Waals surface area contributed by atoms with Gasteiger partial charge in [-0.1, -0.05) is 17.7 Å². The summed E-state index contributed by atoms with van der Waals surface area (Å²) in [6, 6.07) is 7.82. The molecule has 5 rings (SSSR count). The molecule has 1 aromatic carbocycles. The summed E-state index contributed by atoms with van der Waals surface area (Å²) in [6.45, 7) is 2.54. The van der Waals surface area contributed by atoms with Crippen molar-refractivity contribution in [3.8, 4) is 0 Å². The number of nitrogens with zero attached hydrogens (tertiary/aromatic N) is 3.